The molecule has 0 radical (unpaired) electrons. The molecule has 0 saturated carbocycles. The number of thioether (sulfide) groups is 1. The summed E-state index contributed by atoms with van der Waals surface area (Å²) >= 11 is 1.41. The van der Waals surface area contributed by atoms with Crippen LogP contribution in [0.5, 0.6) is 0 Å². The SMILES string of the molecule is C=CCN(CC=C)C(=O)CSc1nc(-c2ccc(C)cc2)c(-c2ccc(C)cc2)[nH]1. The van der Waals surface area contributed by atoms with Crippen LogP contribution in [-0.4, -0.2) is 39.6 Å². The number of nitrogens with zero attached hydrogens (tertiary/aromatic N) is 2. The van der Waals surface area contributed by atoms with Crippen molar-refractivity contribution in [1.29, 1.82) is 0 Å². The fourth-order valence-corrected chi connectivity index (χ4v) is 3.85. The molecule has 5 heteroatoms. The molecule has 0 atom stereocenters. The molecule has 0 aliphatic carbocycles. The highest BCUT2D eigenvalue weighted by molar-refractivity contribution is 7.99. The minimum atomic E-state index is 0.0324. The van der Waals surface area contributed by atoms with Gasteiger partial charge in [-0.15, -0.1) is 13.2 Å². The molecule has 4 nitrogen and oxygen atoms in total. The Morgan fingerprint density at radius 3 is 2.03 bits per heavy atom. The predicted molar refractivity (Wildman–Crippen MR) is 127 cm³/mol. The first-order valence-corrected chi connectivity index (χ1v) is 10.9. The number of aromatic amines is 1. The van der Waals surface area contributed by atoms with Gasteiger partial charge in [0.25, 0.3) is 0 Å². The molecular weight excluding hydrogens is 390 g/mol. The third kappa shape index (κ3) is 5.30. The fraction of sp³-hybridized carbons (Fsp3) is 0.200. The maximum Gasteiger partial charge on any atom is 0.233 e. The van der Waals surface area contributed by atoms with Crippen LogP contribution in [0.15, 0.2) is 79.0 Å². The third-order valence-corrected chi connectivity index (χ3v) is 5.59. The van der Waals surface area contributed by atoms with Crippen LogP contribution in [0.1, 0.15) is 11.1 Å². The van der Waals surface area contributed by atoms with Gasteiger partial charge in [0.15, 0.2) is 5.16 Å². The van der Waals surface area contributed by atoms with E-state index in [1.165, 1.54) is 22.9 Å². The predicted octanol–water partition coefficient (Wildman–Crippen LogP) is 5.65. The number of benzene rings is 2. The second-order valence-electron chi connectivity index (χ2n) is 7.16. The normalized spacial score (nSPS) is 10.6. The Hall–Kier alpha value is -3.05. The molecule has 1 amide bonds. The summed E-state index contributed by atoms with van der Waals surface area (Å²) in [6.07, 6.45) is 3.45. The van der Waals surface area contributed by atoms with Gasteiger partial charge >= 0.3 is 0 Å². The van der Waals surface area contributed by atoms with E-state index in [1.807, 2.05) is 0 Å². The largest absolute Gasteiger partial charge is 0.335 e. The summed E-state index contributed by atoms with van der Waals surface area (Å²) in [5, 5.41) is 0.728. The van der Waals surface area contributed by atoms with Gasteiger partial charge in [0, 0.05) is 24.2 Å². The molecular formula is C25H27N3OS. The van der Waals surface area contributed by atoms with Crippen molar-refractivity contribution < 1.29 is 4.79 Å². The van der Waals surface area contributed by atoms with Gasteiger partial charge in [-0.3, -0.25) is 4.79 Å². The zero-order valence-corrected chi connectivity index (χ0v) is 18.3. The van der Waals surface area contributed by atoms with Crippen LogP contribution in [0.25, 0.3) is 22.5 Å². The van der Waals surface area contributed by atoms with E-state index < -0.39 is 0 Å². The Morgan fingerprint density at radius 1 is 0.967 bits per heavy atom. The molecule has 0 fully saturated rings. The molecule has 154 valence electrons. The van der Waals surface area contributed by atoms with Crippen molar-refractivity contribution >= 4 is 17.7 Å². The molecule has 1 aromatic heterocycles. The van der Waals surface area contributed by atoms with Gasteiger partial charge < -0.3 is 9.88 Å². The molecule has 1 N–H and O–H groups in total. The molecule has 0 aliphatic rings. The lowest BCUT2D eigenvalue weighted by molar-refractivity contribution is -0.127. The summed E-state index contributed by atoms with van der Waals surface area (Å²) in [6.45, 7) is 12.6. The van der Waals surface area contributed by atoms with Crippen molar-refractivity contribution in [3.8, 4) is 22.5 Å². The lowest BCUT2D eigenvalue weighted by atomic mass is 10.0. The van der Waals surface area contributed by atoms with Crippen LogP contribution in [-0.2, 0) is 4.79 Å². The van der Waals surface area contributed by atoms with E-state index >= 15 is 0 Å². The molecule has 0 unspecified atom stereocenters. The quantitative estimate of drug-likeness (QED) is 0.361. The number of hydrogen-bond acceptors (Lipinski definition) is 3. The van der Waals surface area contributed by atoms with E-state index in [1.54, 1.807) is 17.1 Å². The first-order valence-electron chi connectivity index (χ1n) is 9.88. The number of amides is 1. The number of hydrogen-bond donors (Lipinski definition) is 1. The van der Waals surface area contributed by atoms with Gasteiger partial charge in [-0.25, -0.2) is 4.98 Å². The van der Waals surface area contributed by atoms with Crippen molar-refractivity contribution in [3.63, 3.8) is 0 Å². The first-order chi connectivity index (χ1) is 14.5. The molecule has 0 bridgehead atoms. The number of nitrogens with one attached hydrogen (secondary N) is 1. The van der Waals surface area contributed by atoms with Crippen molar-refractivity contribution in [1.82, 2.24) is 14.9 Å². The number of aryl methyl sites for hydroxylation is 2. The van der Waals surface area contributed by atoms with Crippen LogP contribution in [0.3, 0.4) is 0 Å². The summed E-state index contributed by atoms with van der Waals surface area (Å²) < 4.78 is 0. The molecule has 3 aromatic rings. The topological polar surface area (TPSA) is 49.0 Å². The summed E-state index contributed by atoms with van der Waals surface area (Å²) in [6, 6.07) is 16.7. The van der Waals surface area contributed by atoms with Gasteiger partial charge in [-0.05, 0) is 13.8 Å². The molecule has 30 heavy (non-hydrogen) atoms. The number of imidazole rings is 1. The van der Waals surface area contributed by atoms with E-state index in [4.69, 9.17) is 4.98 Å². The standard InChI is InChI=1S/C25H27N3OS/c1-5-15-28(16-6-2)22(29)17-30-25-26-23(20-11-7-18(3)8-12-20)24(27-25)21-13-9-19(4)10-14-21/h5-14H,1-2,15-17H2,3-4H3,(H,26,27). The summed E-state index contributed by atoms with van der Waals surface area (Å²) in [5.41, 5.74) is 6.38. The second kappa shape index (κ2) is 10.1. The zero-order chi connectivity index (χ0) is 21.5. The average Bonchev–Trinajstić information content (AvgIpc) is 3.17. The van der Waals surface area contributed by atoms with Crippen LogP contribution in [0.2, 0.25) is 0 Å². The van der Waals surface area contributed by atoms with Crippen LogP contribution in [0, 0.1) is 13.8 Å². The second-order valence-corrected chi connectivity index (χ2v) is 8.13. The average molecular weight is 418 g/mol. The zero-order valence-electron chi connectivity index (χ0n) is 17.5. The number of H-pyrrole nitrogens is 1. The minimum absolute atomic E-state index is 0.0324. The first kappa shape index (κ1) is 21.7. The smallest absolute Gasteiger partial charge is 0.233 e. The Balaban J connectivity index is 1.88. The molecule has 0 aliphatic heterocycles. The minimum Gasteiger partial charge on any atom is -0.335 e. The Morgan fingerprint density at radius 2 is 1.50 bits per heavy atom. The Bertz CT molecular complexity index is 947. The molecule has 2 aromatic carbocycles. The summed E-state index contributed by atoms with van der Waals surface area (Å²) in [4.78, 5) is 22.5. The van der Waals surface area contributed by atoms with Gasteiger partial charge in [0.05, 0.1) is 17.1 Å². The lowest BCUT2D eigenvalue weighted by Gasteiger charge is -2.18. The van der Waals surface area contributed by atoms with Gasteiger partial charge in [0.2, 0.25) is 5.91 Å². The summed E-state index contributed by atoms with van der Waals surface area (Å²) in [7, 11) is 0. The van der Waals surface area contributed by atoms with E-state index in [0.717, 1.165) is 27.7 Å². The Labute approximate surface area is 182 Å². The van der Waals surface area contributed by atoms with E-state index in [-0.39, 0.29) is 5.91 Å². The van der Waals surface area contributed by atoms with E-state index in [9.17, 15) is 4.79 Å². The maximum atomic E-state index is 12.6. The van der Waals surface area contributed by atoms with E-state index in [0.29, 0.717) is 18.8 Å². The van der Waals surface area contributed by atoms with Crippen molar-refractivity contribution in [2.24, 2.45) is 0 Å². The lowest BCUT2D eigenvalue weighted by Crippen LogP contribution is -2.32. The number of aromatic nitrogens is 2. The molecule has 1 heterocycles. The van der Waals surface area contributed by atoms with Crippen molar-refractivity contribution in [3.05, 3.63) is 85.0 Å². The highest BCUT2D eigenvalue weighted by atomic mass is 32.2. The number of rotatable bonds is 9. The van der Waals surface area contributed by atoms with Crippen LogP contribution < -0.4 is 0 Å². The van der Waals surface area contributed by atoms with Gasteiger partial charge in [-0.1, -0.05) is 83.6 Å². The van der Waals surface area contributed by atoms with Gasteiger partial charge in [0.1, 0.15) is 0 Å². The monoisotopic (exact) mass is 417 g/mol. The summed E-state index contributed by atoms with van der Waals surface area (Å²) in [5.74, 6) is 0.334. The van der Waals surface area contributed by atoms with Crippen LogP contribution >= 0.6 is 11.8 Å². The van der Waals surface area contributed by atoms with Crippen molar-refractivity contribution in [2.75, 3.05) is 18.8 Å². The Kier molecular flexibility index (Phi) is 7.31. The van der Waals surface area contributed by atoms with Crippen molar-refractivity contribution in [2.45, 2.75) is 19.0 Å². The maximum absolute atomic E-state index is 12.6. The molecule has 0 saturated heterocycles. The molecule has 3 rings (SSSR count). The van der Waals surface area contributed by atoms with Crippen LogP contribution in [0.4, 0.5) is 0 Å². The highest BCUT2D eigenvalue weighted by Gasteiger charge is 2.17. The third-order valence-electron chi connectivity index (χ3n) is 4.73. The van der Waals surface area contributed by atoms with E-state index in [2.05, 4.69) is 80.5 Å². The van der Waals surface area contributed by atoms with Gasteiger partial charge in [-0.2, -0.15) is 0 Å². The number of carbonyl (C=O) groups excluding carboxylic acids is 1. The number of carbonyl (C=O) groups is 1. The highest BCUT2D eigenvalue weighted by Crippen LogP contribution is 2.33. The molecule has 0 spiro atoms. The fourth-order valence-electron chi connectivity index (χ4n) is 3.08.